The fraction of sp³-hybridized carbons (Fsp3) is 0.533. The lowest BCUT2D eigenvalue weighted by molar-refractivity contribution is 0.395. The molecule has 0 bridgehead atoms. The van der Waals surface area contributed by atoms with Crippen LogP contribution in [0.2, 0.25) is 0 Å². The van der Waals surface area contributed by atoms with Crippen LogP contribution in [0, 0.1) is 32.1 Å². The van der Waals surface area contributed by atoms with Crippen molar-refractivity contribution in [1.82, 2.24) is 10.2 Å². The summed E-state index contributed by atoms with van der Waals surface area (Å²) in [5.41, 5.74) is 4.80. The molecule has 0 heterocycles. The molecule has 1 N–H and O–H groups in total. The molecule has 1 atom stereocenters. The summed E-state index contributed by atoms with van der Waals surface area (Å²) in [6.07, 6.45) is 0. The normalized spacial score (nSPS) is 12.5. The smallest absolute Gasteiger partial charge is 0.121 e. The molecule has 0 spiro atoms. The second-order valence-electron chi connectivity index (χ2n) is 5.11. The van der Waals surface area contributed by atoms with Gasteiger partial charge < -0.3 is 4.90 Å². The summed E-state index contributed by atoms with van der Waals surface area (Å²) in [4.78, 5) is 2.11. The third kappa shape index (κ3) is 3.83. The minimum Gasteiger partial charge on any atom is -0.308 e. The molecule has 0 saturated carbocycles. The van der Waals surface area contributed by atoms with Crippen LogP contribution in [0.25, 0.3) is 0 Å². The van der Waals surface area contributed by atoms with Gasteiger partial charge in [-0.2, -0.15) is 5.26 Å². The summed E-state index contributed by atoms with van der Waals surface area (Å²) in [5, 5.41) is 12.6. The Morgan fingerprint density at radius 3 is 2.33 bits per heavy atom. The van der Waals surface area contributed by atoms with Gasteiger partial charge in [0.25, 0.3) is 0 Å². The second kappa shape index (κ2) is 6.53. The van der Waals surface area contributed by atoms with Crippen LogP contribution in [-0.2, 0) is 0 Å². The highest BCUT2D eigenvalue weighted by atomic mass is 15.1. The van der Waals surface area contributed by atoms with E-state index >= 15 is 0 Å². The van der Waals surface area contributed by atoms with Gasteiger partial charge in [-0.3, -0.25) is 5.32 Å². The van der Waals surface area contributed by atoms with Gasteiger partial charge in [0.2, 0.25) is 0 Å². The van der Waals surface area contributed by atoms with Crippen molar-refractivity contribution in [3.8, 4) is 6.07 Å². The van der Waals surface area contributed by atoms with Crippen LogP contribution in [0.1, 0.15) is 28.3 Å². The van der Waals surface area contributed by atoms with Crippen LogP contribution in [0.3, 0.4) is 0 Å². The van der Waals surface area contributed by atoms with Crippen molar-refractivity contribution in [1.29, 1.82) is 5.26 Å². The van der Waals surface area contributed by atoms with E-state index in [1.807, 2.05) is 14.1 Å². The first kappa shape index (κ1) is 14.7. The number of hydrogen-bond acceptors (Lipinski definition) is 3. The van der Waals surface area contributed by atoms with Crippen molar-refractivity contribution in [2.45, 2.75) is 26.8 Å². The maximum atomic E-state index is 9.30. The van der Waals surface area contributed by atoms with Crippen molar-refractivity contribution in [2.75, 3.05) is 27.2 Å². The predicted molar refractivity (Wildman–Crippen MR) is 75.6 cm³/mol. The topological polar surface area (TPSA) is 39.1 Å². The van der Waals surface area contributed by atoms with E-state index in [1.165, 1.54) is 16.7 Å². The van der Waals surface area contributed by atoms with Crippen molar-refractivity contribution in [3.63, 3.8) is 0 Å². The number of benzene rings is 1. The molecule has 3 nitrogen and oxygen atoms in total. The molecule has 0 aliphatic carbocycles. The summed E-state index contributed by atoms with van der Waals surface area (Å²) in [5.74, 6) is 0. The summed E-state index contributed by atoms with van der Waals surface area (Å²) in [6, 6.07) is 6.41. The highest BCUT2D eigenvalue weighted by Crippen LogP contribution is 2.21. The summed E-state index contributed by atoms with van der Waals surface area (Å²) >= 11 is 0. The Kier molecular flexibility index (Phi) is 5.33. The summed E-state index contributed by atoms with van der Waals surface area (Å²) in [6.45, 7) is 8.01. The molecular formula is C15H23N3. The number of rotatable bonds is 5. The van der Waals surface area contributed by atoms with Crippen molar-refractivity contribution in [3.05, 3.63) is 34.4 Å². The molecule has 0 aromatic heterocycles. The summed E-state index contributed by atoms with van der Waals surface area (Å²) in [7, 11) is 4.06. The molecule has 3 heteroatoms. The standard InChI is InChI=1S/C15H23N3/c1-11-8-13(3)14(9-12(11)2)15(10-16)17-6-7-18(4)5/h8-9,15,17H,6-7H2,1-5H3. The third-order valence-electron chi connectivity index (χ3n) is 3.23. The fourth-order valence-corrected chi connectivity index (χ4v) is 1.95. The highest BCUT2D eigenvalue weighted by molar-refractivity contribution is 5.40. The number of nitrogens with zero attached hydrogens (tertiary/aromatic N) is 2. The lowest BCUT2D eigenvalue weighted by Gasteiger charge is -2.17. The Morgan fingerprint density at radius 1 is 1.17 bits per heavy atom. The monoisotopic (exact) mass is 245 g/mol. The predicted octanol–water partition coefficient (Wildman–Crippen LogP) is 2.33. The van der Waals surface area contributed by atoms with E-state index in [4.69, 9.17) is 0 Å². The van der Waals surface area contributed by atoms with Gasteiger partial charge in [0.15, 0.2) is 0 Å². The van der Waals surface area contributed by atoms with Gasteiger partial charge in [-0.25, -0.2) is 0 Å². The Hall–Kier alpha value is -1.37. The number of likely N-dealkylation sites (N-methyl/N-ethyl adjacent to an activating group) is 1. The number of nitrogens with one attached hydrogen (secondary N) is 1. The first-order valence-electron chi connectivity index (χ1n) is 6.31. The van der Waals surface area contributed by atoms with Crippen LogP contribution >= 0.6 is 0 Å². The SMILES string of the molecule is Cc1cc(C)c(C(C#N)NCCN(C)C)cc1C. The lowest BCUT2D eigenvalue weighted by Crippen LogP contribution is -2.29. The van der Waals surface area contributed by atoms with E-state index in [-0.39, 0.29) is 6.04 Å². The van der Waals surface area contributed by atoms with E-state index in [2.05, 4.69) is 49.2 Å². The van der Waals surface area contributed by atoms with Crippen LogP contribution in [0.5, 0.6) is 0 Å². The minimum absolute atomic E-state index is 0.218. The van der Waals surface area contributed by atoms with Crippen molar-refractivity contribution < 1.29 is 0 Å². The van der Waals surface area contributed by atoms with Gasteiger partial charge in [-0.05, 0) is 57.1 Å². The van der Waals surface area contributed by atoms with Gasteiger partial charge >= 0.3 is 0 Å². The van der Waals surface area contributed by atoms with E-state index in [0.717, 1.165) is 18.7 Å². The van der Waals surface area contributed by atoms with E-state index in [9.17, 15) is 5.26 Å². The Balaban J connectivity index is 2.83. The van der Waals surface area contributed by atoms with E-state index in [1.54, 1.807) is 0 Å². The molecule has 1 aromatic carbocycles. The maximum Gasteiger partial charge on any atom is 0.121 e. The van der Waals surface area contributed by atoms with Crippen LogP contribution < -0.4 is 5.32 Å². The fourth-order valence-electron chi connectivity index (χ4n) is 1.95. The zero-order chi connectivity index (χ0) is 13.7. The minimum atomic E-state index is -0.218. The zero-order valence-corrected chi connectivity index (χ0v) is 12.0. The molecule has 1 unspecified atom stereocenters. The highest BCUT2D eigenvalue weighted by Gasteiger charge is 2.13. The second-order valence-corrected chi connectivity index (χ2v) is 5.11. The van der Waals surface area contributed by atoms with Gasteiger partial charge in [0, 0.05) is 13.1 Å². The molecule has 0 aliphatic heterocycles. The lowest BCUT2D eigenvalue weighted by atomic mass is 9.96. The molecule has 1 aromatic rings. The molecule has 0 radical (unpaired) electrons. The molecule has 0 amide bonds. The van der Waals surface area contributed by atoms with Crippen LogP contribution in [-0.4, -0.2) is 32.1 Å². The molecule has 18 heavy (non-hydrogen) atoms. The Bertz CT molecular complexity index is 444. The third-order valence-corrected chi connectivity index (χ3v) is 3.23. The average molecular weight is 245 g/mol. The molecule has 0 saturated heterocycles. The number of aryl methyl sites for hydroxylation is 3. The van der Waals surface area contributed by atoms with Crippen LogP contribution in [0.15, 0.2) is 12.1 Å². The first-order valence-corrected chi connectivity index (χ1v) is 6.31. The quantitative estimate of drug-likeness (QED) is 0.865. The van der Waals surface area contributed by atoms with Gasteiger partial charge in [0.1, 0.15) is 6.04 Å². The molecule has 0 aliphatic rings. The first-order chi connectivity index (χ1) is 8.45. The van der Waals surface area contributed by atoms with E-state index in [0.29, 0.717) is 0 Å². The van der Waals surface area contributed by atoms with Gasteiger partial charge in [-0.15, -0.1) is 0 Å². The van der Waals surface area contributed by atoms with Crippen molar-refractivity contribution >= 4 is 0 Å². The molecule has 98 valence electrons. The molecular weight excluding hydrogens is 222 g/mol. The largest absolute Gasteiger partial charge is 0.308 e. The zero-order valence-electron chi connectivity index (χ0n) is 12.0. The van der Waals surface area contributed by atoms with Gasteiger partial charge in [-0.1, -0.05) is 12.1 Å². The van der Waals surface area contributed by atoms with Crippen LogP contribution in [0.4, 0.5) is 0 Å². The maximum absolute atomic E-state index is 9.30. The average Bonchev–Trinajstić information content (AvgIpc) is 2.30. The van der Waals surface area contributed by atoms with Gasteiger partial charge in [0.05, 0.1) is 6.07 Å². The Morgan fingerprint density at radius 2 is 1.78 bits per heavy atom. The van der Waals surface area contributed by atoms with Crippen molar-refractivity contribution in [2.24, 2.45) is 0 Å². The molecule has 1 rings (SSSR count). The Labute approximate surface area is 110 Å². The number of hydrogen-bond donors (Lipinski definition) is 1. The van der Waals surface area contributed by atoms with E-state index < -0.39 is 0 Å². The molecule has 0 fully saturated rings. The summed E-state index contributed by atoms with van der Waals surface area (Å²) < 4.78 is 0. The number of nitriles is 1.